The molecule has 0 aliphatic heterocycles. The van der Waals surface area contributed by atoms with Gasteiger partial charge in [0.05, 0.1) is 44.6 Å². The zero-order valence-electron chi connectivity index (χ0n) is 36.7. The average molecular weight is 990 g/mol. The van der Waals surface area contributed by atoms with E-state index in [0.717, 1.165) is 42.7 Å². The van der Waals surface area contributed by atoms with E-state index in [-0.39, 0.29) is 51.1 Å². The molecule has 0 heterocycles. The van der Waals surface area contributed by atoms with E-state index in [9.17, 15) is 14.7 Å². The van der Waals surface area contributed by atoms with Crippen molar-refractivity contribution in [2.75, 3.05) is 14.2 Å². The number of nitrogens with two attached hydrogens (primary N) is 1. The van der Waals surface area contributed by atoms with Crippen LogP contribution in [0, 0.1) is 11.8 Å². The first kappa shape index (κ1) is 55.6. The molecule has 4 rings (SSSR count). The van der Waals surface area contributed by atoms with Crippen molar-refractivity contribution in [3.8, 4) is 34.5 Å². The molecule has 12 heteroatoms. The number of primary amides is 1. The van der Waals surface area contributed by atoms with Gasteiger partial charge in [0, 0.05) is 14.9 Å². The van der Waals surface area contributed by atoms with Gasteiger partial charge < -0.3 is 39.3 Å². The molecule has 62 heavy (non-hydrogen) atoms. The maximum Gasteiger partial charge on any atom is 0.306 e. The number of rotatable bonds is 22. The number of carbonyl (C=O) groups excluding carboxylic acids is 1. The van der Waals surface area contributed by atoms with Crippen molar-refractivity contribution in [2.45, 2.75) is 133 Å². The fourth-order valence-corrected chi connectivity index (χ4v) is 7.43. The van der Waals surface area contributed by atoms with Crippen LogP contribution in [0.25, 0.3) is 0 Å². The molecule has 2 atom stereocenters. The van der Waals surface area contributed by atoms with Crippen LogP contribution in [0.2, 0.25) is 0 Å². The summed E-state index contributed by atoms with van der Waals surface area (Å²) in [5.74, 6) is 2.48. The molecule has 0 bridgehead atoms. The Kier molecular flexibility index (Phi) is 24.7. The Morgan fingerprint density at radius 3 is 1.19 bits per heavy atom. The van der Waals surface area contributed by atoms with Gasteiger partial charge in [-0.2, -0.15) is 0 Å². The smallest absolute Gasteiger partial charge is 0.306 e. The lowest BCUT2D eigenvalue weighted by molar-refractivity contribution is -0.141. The second-order valence-electron chi connectivity index (χ2n) is 15.8. The van der Waals surface area contributed by atoms with Crippen molar-refractivity contribution in [2.24, 2.45) is 17.6 Å². The molecule has 0 radical (unpaired) electrons. The third-order valence-electron chi connectivity index (χ3n) is 9.22. The number of hydrogen-bond acceptors (Lipinski definition) is 8. The highest BCUT2D eigenvalue weighted by Crippen LogP contribution is 2.37. The van der Waals surface area contributed by atoms with Crippen molar-refractivity contribution in [3.63, 3.8) is 0 Å². The molecule has 0 aromatic heterocycles. The predicted octanol–water partition coefficient (Wildman–Crippen LogP) is 12.5. The number of halogens is 2. The van der Waals surface area contributed by atoms with Crippen LogP contribution < -0.4 is 34.2 Å². The zero-order chi connectivity index (χ0) is 44.5. The van der Waals surface area contributed by atoms with E-state index >= 15 is 0 Å². The number of ether oxygens (including phenoxy) is 6. The molecule has 4 aromatic carbocycles. The Labute approximate surface area is 388 Å². The SMILES string of the molecule is C.C.COc1cc(Br)c(CCC(Cc2ccc(OC(C)C)cc2)C(=O)O)cc1OC(C)C.COc1cc(Br)c(CCC(Cc2ccc(OC(C)C)cc2)C(N)=O)cc1OC(C)C. The highest BCUT2D eigenvalue weighted by Gasteiger charge is 2.21. The molecule has 0 spiro atoms. The molecule has 0 fully saturated rings. The van der Waals surface area contributed by atoms with Gasteiger partial charge in [0.1, 0.15) is 11.5 Å². The van der Waals surface area contributed by atoms with E-state index in [4.69, 9.17) is 34.2 Å². The minimum atomic E-state index is -0.791. The van der Waals surface area contributed by atoms with Crippen molar-refractivity contribution in [1.29, 1.82) is 0 Å². The molecule has 3 N–H and O–H groups in total. The monoisotopic (exact) mass is 987 g/mol. The Morgan fingerprint density at radius 1 is 0.548 bits per heavy atom. The number of aryl methyl sites for hydroxylation is 2. The first-order chi connectivity index (χ1) is 28.4. The van der Waals surface area contributed by atoms with Gasteiger partial charge in [-0.05, 0) is 165 Å². The number of hydrogen-bond donors (Lipinski definition) is 2. The lowest BCUT2D eigenvalue weighted by Crippen LogP contribution is -2.25. The Morgan fingerprint density at radius 2 is 0.887 bits per heavy atom. The van der Waals surface area contributed by atoms with Crippen molar-refractivity contribution in [3.05, 3.63) is 104 Å². The number of amides is 1. The van der Waals surface area contributed by atoms with Crippen LogP contribution in [0.4, 0.5) is 0 Å². The molecular formula is C50H71Br2NO9. The van der Waals surface area contributed by atoms with Gasteiger partial charge in [-0.1, -0.05) is 71.0 Å². The molecular weight excluding hydrogens is 918 g/mol. The van der Waals surface area contributed by atoms with E-state index in [0.29, 0.717) is 61.5 Å². The van der Waals surface area contributed by atoms with Gasteiger partial charge in [0.15, 0.2) is 23.0 Å². The number of carbonyl (C=O) groups is 2. The average Bonchev–Trinajstić information content (AvgIpc) is 3.17. The fourth-order valence-electron chi connectivity index (χ4n) is 6.39. The summed E-state index contributed by atoms with van der Waals surface area (Å²) >= 11 is 7.18. The molecule has 344 valence electrons. The minimum Gasteiger partial charge on any atom is -0.493 e. The second-order valence-corrected chi connectivity index (χ2v) is 17.5. The van der Waals surface area contributed by atoms with E-state index in [1.165, 1.54) is 0 Å². The molecule has 2 unspecified atom stereocenters. The molecule has 0 saturated heterocycles. The highest BCUT2D eigenvalue weighted by molar-refractivity contribution is 9.10. The summed E-state index contributed by atoms with van der Waals surface area (Å²) in [5.41, 5.74) is 9.80. The largest absolute Gasteiger partial charge is 0.493 e. The lowest BCUT2D eigenvalue weighted by atomic mass is 9.92. The standard InChI is InChI=1S/C24H32BrNO4.C24H31BrO5.2CH4/c2*1-15(2)29-20-10-6-17(7-11-20)12-19(24(26)27)9-8-18-13-23(30-16(3)4)22(28-5)14-21(18)25;;/h6-7,10-11,13-16,19H,8-9,12H2,1-5H3,(H2,26,27);6-7,10-11,13-16,19H,8-9,12H2,1-5H3,(H,26,27);2*1H4. The third-order valence-corrected chi connectivity index (χ3v) is 10.7. The van der Waals surface area contributed by atoms with E-state index in [1.807, 2.05) is 128 Å². The summed E-state index contributed by atoms with van der Waals surface area (Å²) < 4.78 is 35.7. The van der Waals surface area contributed by atoms with Crippen LogP contribution in [0.1, 0.15) is 105 Å². The molecule has 4 aromatic rings. The van der Waals surface area contributed by atoms with Crippen LogP contribution >= 0.6 is 31.9 Å². The summed E-state index contributed by atoms with van der Waals surface area (Å²) in [7, 11) is 3.22. The number of carboxylic acids is 1. The number of methoxy groups -OCH3 is 2. The van der Waals surface area contributed by atoms with Crippen LogP contribution in [0.15, 0.2) is 81.7 Å². The van der Waals surface area contributed by atoms with Gasteiger partial charge in [-0.3, -0.25) is 9.59 Å². The maximum absolute atomic E-state index is 12.1. The quantitative estimate of drug-likeness (QED) is 0.0789. The first-order valence-electron chi connectivity index (χ1n) is 20.5. The predicted molar refractivity (Wildman–Crippen MR) is 259 cm³/mol. The Bertz CT molecular complexity index is 1810. The van der Waals surface area contributed by atoms with Crippen molar-refractivity contribution in [1.82, 2.24) is 0 Å². The van der Waals surface area contributed by atoms with Crippen molar-refractivity contribution >= 4 is 43.7 Å². The van der Waals surface area contributed by atoms with Crippen LogP contribution in [0.5, 0.6) is 34.5 Å². The number of carboxylic acid groups (broad SMARTS) is 1. The molecule has 1 amide bonds. The second kappa shape index (κ2) is 27.6. The summed E-state index contributed by atoms with van der Waals surface area (Å²) in [4.78, 5) is 23.9. The molecule has 0 aliphatic carbocycles. The first-order valence-corrected chi connectivity index (χ1v) is 22.1. The molecule has 0 saturated carbocycles. The summed E-state index contributed by atoms with van der Waals surface area (Å²) in [6.07, 6.45) is 3.83. The van der Waals surface area contributed by atoms with Gasteiger partial charge in [0.25, 0.3) is 0 Å². The minimum absolute atomic E-state index is 0. The highest BCUT2D eigenvalue weighted by atomic mass is 79.9. The topological polar surface area (TPSA) is 136 Å². The maximum atomic E-state index is 12.1. The van der Waals surface area contributed by atoms with E-state index < -0.39 is 11.9 Å². The molecule has 0 aliphatic rings. The Balaban J connectivity index is 0.000000601. The normalized spacial score (nSPS) is 11.7. The molecule has 10 nitrogen and oxygen atoms in total. The third kappa shape index (κ3) is 18.9. The summed E-state index contributed by atoms with van der Waals surface area (Å²) in [6.45, 7) is 15.8. The van der Waals surface area contributed by atoms with Gasteiger partial charge in [-0.25, -0.2) is 0 Å². The van der Waals surface area contributed by atoms with Crippen molar-refractivity contribution < 1.29 is 43.1 Å². The van der Waals surface area contributed by atoms with Crippen LogP contribution in [-0.4, -0.2) is 55.6 Å². The zero-order valence-corrected chi connectivity index (χ0v) is 39.9. The lowest BCUT2D eigenvalue weighted by Gasteiger charge is -2.18. The van der Waals surface area contributed by atoms with E-state index in [1.54, 1.807) is 14.2 Å². The van der Waals surface area contributed by atoms with Crippen LogP contribution in [0.3, 0.4) is 0 Å². The summed E-state index contributed by atoms with van der Waals surface area (Å²) in [6, 6.07) is 23.2. The Hall–Kier alpha value is -4.42. The summed E-state index contributed by atoms with van der Waals surface area (Å²) in [5, 5.41) is 9.73. The van der Waals surface area contributed by atoms with Gasteiger partial charge >= 0.3 is 5.97 Å². The van der Waals surface area contributed by atoms with E-state index in [2.05, 4.69) is 31.9 Å². The number of aliphatic carboxylic acids is 1. The van der Waals surface area contributed by atoms with Gasteiger partial charge in [0.2, 0.25) is 5.91 Å². The van der Waals surface area contributed by atoms with Crippen LogP contribution in [-0.2, 0) is 35.3 Å². The fraction of sp³-hybridized carbons (Fsp3) is 0.480. The van der Waals surface area contributed by atoms with Gasteiger partial charge in [-0.15, -0.1) is 0 Å². The number of benzene rings is 4.